The standard InChI is InChI=1S/C10H12N6O/c1-6(17)13-10-14-8-7(11-4-5-12-8)9(15-10)16(2)3/h4-5H,1-3H3,(H,12,13,14,15,17). The van der Waals surface area contributed by atoms with Crippen molar-refractivity contribution in [2.24, 2.45) is 0 Å². The van der Waals surface area contributed by atoms with Crippen LogP contribution in [0.2, 0.25) is 0 Å². The quantitative estimate of drug-likeness (QED) is 0.809. The molecule has 0 bridgehead atoms. The van der Waals surface area contributed by atoms with E-state index in [1.807, 2.05) is 14.1 Å². The highest BCUT2D eigenvalue weighted by Gasteiger charge is 2.11. The van der Waals surface area contributed by atoms with Crippen molar-refractivity contribution >= 4 is 28.8 Å². The molecule has 0 aromatic carbocycles. The molecule has 0 aliphatic carbocycles. The largest absolute Gasteiger partial charge is 0.361 e. The summed E-state index contributed by atoms with van der Waals surface area (Å²) in [6.45, 7) is 1.40. The Balaban J connectivity index is 2.62. The monoisotopic (exact) mass is 232 g/mol. The number of nitrogens with zero attached hydrogens (tertiary/aromatic N) is 5. The highest BCUT2D eigenvalue weighted by atomic mass is 16.1. The van der Waals surface area contributed by atoms with Gasteiger partial charge in [-0.25, -0.2) is 9.97 Å². The lowest BCUT2D eigenvalue weighted by molar-refractivity contribution is -0.114. The van der Waals surface area contributed by atoms with Crippen molar-refractivity contribution in [3.8, 4) is 0 Å². The molecule has 2 aromatic heterocycles. The lowest BCUT2D eigenvalue weighted by Crippen LogP contribution is -2.16. The van der Waals surface area contributed by atoms with E-state index in [4.69, 9.17) is 0 Å². The molecule has 1 amide bonds. The van der Waals surface area contributed by atoms with Gasteiger partial charge in [0.1, 0.15) is 0 Å². The van der Waals surface area contributed by atoms with Crippen LogP contribution < -0.4 is 10.2 Å². The molecule has 7 heteroatoms. The third-order valence-electron chi connectivity index (χ3n) is 2.03. The number of amides is 1. The van der Waals surface area contributed by atoms with E-state index in [9.17, 15) is 4.79 Å². The Kier molecular flexibility index (Phi) is 2.82. The number of hydrogen-bond acceptors (Lipinski definition) is 6. The molecule has 88 valence electrons. The van der Waals surface area contributed by atoms with Crippen LogP contribution in [-0.4, -0.2) is 39.9 Å². The molecule has 0 saturated heterocycles. The van der Waals surface area contributed by atoms with Gasteiger partial charge < -0.3 is 4.90 Å². The molecule has 0 unspecified atom stereocenters. The molecule has 2 aromatic rings. The maximum absolute atomic E-state index is 11.0. The van der Waals surface area contributed by atoms with Gasteiger partial charge in [0, 0.05) is 33.4 Å². The number of rotatable bonds is 2. The topological polar surface area (TPSA) is 83.9 Å². The predicted molar refractivity (Wildman–Crippen MR) is 63.8 cm³/mol. The summed E-state index contributed by atoms with van der Waals surface area (Å²) in [7, 11) is 3.68. The Labute approximate surface area is 97.9 Å². The van der Waals surface area contributed by atoms with Crippen molar-refractivity contribution in [2.75, 3.05) is 24.3 Å². The zero-order valence-corrected chi connectivity index (χ0v) is 9.80. The maximum Gasteiger partial charge on any atom is 0.233 e. The van der Waals surface area contributed by atoms with Gasteiger partial charge in [-0.2, -0.15) is 9.97 Å². The predicted octanol–water partition coefficient (Wildman–Crippen LogP) is 0.444. The first-order valence-corrected chi connectivity index (χ1v) is 5.01. The van der Waals surface area contributed by atoms with E-state index in [-0.39, 0.29) is 11.9 Å². The van der Waals surface area contributed by atoms with E-state index in [0.29, 0.717) is 17.0 Å². The maximum atomic E-state index is 11.0. The fraction of sp³-hybridized carbons (Fsp3) is 0.300. The molecule has 17 heavy (non-hydrogen) atoms. The van der Waals surface area contributed by atoms with Gasteiger partial charge in [0.05, 0.1) is 0 Å². The van der Waals surface area contributed by atoms with Crippen LogP contribution in [0.15, 0.2) is 12.4 Å². The lowest BCUT2D eigenvalue weighted by Gasteiger charge is -2.13. The molecule has 2 heterocycles. The van der Waals surface area contributed by atoms with Crippen molar-refractivity contribution < 1.29 is 4.79 Å². The summed E-state index contributed by atoms with van der Waals surface area (Å²) >= 11 is 0. The number of carbonyl (C=O) groups excluding carboxylic acids is 1. The number of hydrogen-bond donors (Lipinski definition) is 1. The van der Waals surface area contributed by atoms with E-state index in [1.54, 1.807) is 17.3 Å². The van der Waals surface area contributed by atoms with Gasteiger partial charge in [-0.05, 0) is 0 Å². The van der Waals surface area contributed by atoms with E-state index < -0.39 is 0 Å². The van der Waals surface area contributed by atoms with Crippen molar-refractivity contribution in [3.05, 3.63) is 12.4 Å². The first-order valence-electron chi connectivity index (χ1n) is 5.01. The van der Waals surface area contributed by atoms with Crippen LogP contribution >= 0.6 is 0 Å². The molecular formula is C10H12N6O. The van der Waals surface area contributed by atoms with Gasteiger partial charge in [0.2, 0.25) is 11.9 Å². The summed E-state index contributed by atoms with van der Waals surface area (Å²) < 4.78 is 0. The van der Waals surface area contributed by atoms with Crippen molar-refractivity contribution in [1.82, 2.24) is 19.9 Å². The van der Waals surface area contributed by atoms with Crippen LogP contribution in [0.25, 0.3) is 11.2 Å². The summed E-state index contributed by atoms with van der Waals surface area (Å²) in [4.78, 5) is 29.4. The normalized spacial score (nSPS) is 10.3. The number of carbonyl (C=O) groups is 1. The third-order valence-corrected chi connectivity index (χ3v) is 2.03. The SMILES string of the molecule is CC(=O)Nc1nc(N(C)C)c2nccnc2n1. The van der Waals surface area contributed by atoms with Crippen LogP contribution in [0.4, 0.5) is 11.8 Å². The third kappa shape index (κ3) is 2.27. The first-order chi connectivity index (χ1) is 8.08. The Morgan fingerprint density at radius 1 is 1.24 bits per heavy atom. The fourth-order valence-electron chi connectivity index (χ4n) is 1.37. The Hall–Kier alpha value is -2.31. The van der Waals surface area contributed by atoms with Gasteiger partial charge in [-0.15, -0.1) is 0 Å². The minimum atomic E-state index is -0.224. The summed E-state index contributed by atoms with van der Waals surface area (Å²) in [5.74, 6) is 0.624. The highest BCUT2D eigenvalue weighted by molar-refractivity contribution is 5.89. The van der Waals surface area contributed by atoms with Gasteiger partial charge in [-0.3, -0.25) is 10.1 Å². The Morgan fingerprint density at radius 3 is 2.59 bits per heavy atom. The van der Waals surface area contributed by atoms with Crippen LogP contribution in [0, 0.1) is 0 Å². The zero-order chi connectivity index (χ0) is 12.4. The minimum Gasteiger partial charge on any atom is -0.361 e. The van der Waals surface area contributed by atoms with E-state index >= 15 is 0 Å². The average Bonchev–Trinajstić information content (AvgIpc) is 2.27. The second kappa shape index (κ2) is 4.28. The molecule has 0 saturated carbocycles. The number of aromatic nitrogens is 4. The Morgan fingerprint density at radius 2 is 1.94 bits per heavy atom. The molecule has 0 fully saturated rings. The van der Waals surface area contributed by atoms with E-state index in [1.165, 1.54) is 6.92 Å². The second-order valence-corrected chi connectivity index (χ2v) is 3.67. The molecule has 2 rings (SSSR count). The number of nitrogens with one attached hydrogen (secondary N) is 1. The number of fused-ring (bicyclic) bond motifs is 1. The van der Waals surface area contributed by atoms with Crippen LogP contribution in [0.1, 0.15) is 6.92 Å². The highest BCUT2D eigenvalue weighted by Crippen LogP contribution is 2.19. The van der Waals surface area contributed by atoms with Crippen molar-refractivity contribution in [1.29, 1.82) is 0 Å². The first kappa shape index (κ1) is 11.2. The molecular weight excluding hydrogens is 220 g/mol. The van der Waals surface area contributed by atoms with Crippen molar-refractivity contribution in [2.45, 2.75) is 6.92 Å². The molecule has 7 nitrogen and oxygen atoms in total. The van der Waals surface area contributed by atoms with E-state index in [2.05, 4.69) is 25.3 Å². The van der Waals surface area contributed by atoms with Gasteiger partial charge >= 0.3 is 0 Å². The minimum absolute atomic E-state index is 0.224. The summed E-state index contributed by atoms with van der Waals surface area (Å²) in [5, 5.41) is 2.54. The van der Waals surface area contributed by atoms with E-state index in [0.717, 1.165) is 0 Å². The lowest BCUT2D eigenvalue weighted by atomic mass is 10.4. The summed E-state index contributed by atoms with van der Waals surface area (Å²) in [6, 6.07) is 0. The molecule has 0 aliphatic heterocycles. The van der Waals surface area contributed by atoms with Gasteiger partial charge in [-0.1, -0.05) is 0 Å². The van der Waals surface area contributed by atoms with Crippen LogP contribution in [-0.2, 0) is 4.79 Å². The van der Waals surface area contributed by atoms with Gasteiger partial charge in [0.25, 0.3) is 0 Å². The van der Waals surface area contributed by atoms with Crippen molar-refractivity contribution in [3.63, 3.8) is 0 Å². The fourth-order valence-corrected chi connectivity index (χ4v) is 1.37. The Bertz CT molecular complexity index is 568. The summed E-state index contributed by atoms with van der Waals surface area (Å²) in [5.41, 5.74) is 1.06. The molecule has 0 spiro atoms. The zero-order valence-electron chi connectivity index (χ0n) is 9.80. The number of anilines is 2. The summed E-state index contributed by atoms with van der Waals surface area (Å²) in [6.07, 6.45) is 3.13. The average molecular weight is 232 g/mol. The smallest absolute Gasteiger partial charge is 0.233 e. The van der Waals surface area contributed by atoms with Crippen LogP contribution in [0.3, 0.4) is 0 Å². The van der Waals surface area contributed by atoms with Gasteiger partial charge in [0.15, 0.2) is 17.0 Å². The molecule has 1 N–H and O–H groups in total. The van der Waals surface area contributed by atoms with Crippen LogP contribution in [0.5, 0.6) is 0 Å². The molecule has 0 radical (unpaired) electrons. The molecule has 0 aliphatic rings. The second-order valence-electron chi connectivity index (χ2n) is 3.67. The molecule has 0 atom stereocenters.